The molecule has 0 fully saturated rings. The summed E-state index contributed by atoms with van der Waals surface area (Å²) in [5.41, 5.74) is 6.98. The Morgan fingerprint density at radius 3 is 2.59 bits per heavy atom. The van der Waals surface area contributed by atoms with E-state index in [9.17, 15) is 0 Å². The summed E-state index contributed by atoms with van der Waals surface area (Å²) < 4.78 is 7.86. The first kappa shape index (κ1) is 21.6. The Hall–Kier alpha value is -2.14. The largest absolute Gasteiger partial charge is 0.496 e. The van der Waals surface area contributed by atoms with Gasteiger partial charge in [-0.15, -0.1) is 11.8 Å². The number of thioether (sulfide) groups is 1. The predicted molar refractivity (Wildman–Crippen MR) is 126 cm³/mol. The summed E-state index contributed by atoms with van der Waals surface area (Å²) in [5.74, 6) is 1.49. The third-order valence-electron chi connectivity index (χ3n) is 5.11. The molecular weight excluding hydrogens is 378 g/mol. The summed E-state index contributed by atoms with van der Waals surface area (Å²) in [5, 5.41) is 6.12. The van der Waals surface area contributed by atoms with Crippen molar-refractivity contribution in [3.63, 3.8) is 0 Å². The second-order valence-corrected chi connectivity index (χ2v) is 8.86. The number of ether oxygens (including phenoxy) is 1. The number of hydrogen-bond acceptors (Lipinski definition) is 4. The van der Waals surface area contributed by atoms with Crippen LogP contribution in [0.4, 0.5) is 5.69 Å². The number of methoxy groups -OCH3 is 1. The molecule has 156 valence electrons. The zero-order chi connectivity index (χ0) is 21.1. The van der Waals surface area contributed by atoms with Crippen LogP contribution in [0, 0.1) is 19.8 Å². The molecule has 0 aliphatic heterocycles. The fourth-order valence-corrected chi connectivity index (χ4v) is 4.67. The highest BCUT2D eigenvalue weighted by Gasteiger charge is 2.22. The average Bonchev–Trinajstić information content (AvgIpc) is 3.05. The Balaban J connectivity index is 2.28. The number of aryl methyl sites for hydroxylation is 2. The zero-order valence-electron chi connectivity index (χ0n) is 18.7. The summed E-state index contributed by atoms with van der Waals surface area (Å²) in [7, 11) is 1.74. The van der Waals surface area contributed by atoms with E-state index in [2.05, 4.69) is 80.6 Å². The van der Waals surface area contributed by atoms with Crippen molar-refractivity contribution in [3.05, 3.63) is 41.5 Å². The number of nitrogens with zero attached hydrogens (tertiary/aromatic N) is 3. The molecule has 2 aromatic heterocycles. The number of benzene rings is 1. The Morgan fingerprint density at radius 2 is 1.97 bits per heavy atom. The van der Waals surface area contributed by atoms with E-state index in [1.807, 2.05) is 0 Å². The molecule has 2 heterocycles. The maximum absolute atomic E-state index is 5.76. The minimum absolute atomic E-state index is 0.592. The van der Waals surface area contributed by atoms with Crippen LogP contribution >= 0.6 is 11.8 Å². The maximum Gasteiger partial charge on any atom is 0.142 e. The zero-order valence-corrected chi connectivity index (χ0v) is 19.6. The van der Waals surface area contributed by atoms with E-state index in [4.69, 9.17) is 9.84 Å². The van der Waals surface area contributed by atoms with Gasteiger partial charge in [0.2, 0.25) is 0 Å². The fraction of sp³-hybridized carbons (Fsp3) is 0.458. The molecule has 0 spiro atoms. The molecule has 0 aliphatic carbocycles. The molecule has 0 bridgehead atoms. The lowest BCUT2D eigenvalue weighted by atomic mass is 10.0. The van der Waals surface area contributed by atoms with Crippen LogP contribution in [-0.4, -0.2) is 36.1 Å². The average molecular weight is 412 g/mol. The van der Waals surface area contributed by atoms with Crippen LogP contribution in [0.5, 0.6) is 5.75 Å². The van der Waals surface area contributed by atoms with Crippen molar-refractivity contribution >= 4 is 23.0 Å². The van der Waals surface area contributed by atoms with Crippen molar-refractivity contribution in [2.75, 3.05) is 31.4 Å². The van der Waals surface area contributed by atoms with Crippen LogP contribution in [0.25, 0.3) is 16.8 Å². The smallest absolute Gasteiger partial charge is 0.142 e. The molecule has 0 unspecified atom stereocenters. The molecule has 3 rings (SSSR count). The first-order valence-corrected chi connectivity index (χ1v) is 11.6. The number of pyridine rings is 1. The standard InChI is InChI=1S/C24H33N3OS/c1-8-12-26(15-16(2)3)23-20-11-9-10-19(27(20)25-24(23)29-7)22-18(5)13-17(4)14-21(22)28-6/h9-11,13-14,16H,8,12,15H2,1-7H3. The topological polar surface area (TPSA) is 29.8 Å². The molecule has 0 amide bonds. The van der Waals surface area contributed by atoms with Crippen molar-refractivity contribution in [2.45, 2.75) is 46.1 Å². The van der Waals surface area contributed by atoms with E-state index in [0.717, 1.165) is 47.1 Å². The quantitative estimate of drug-likeness (QED) is 0.412. The molecular formula is C24H33N3OS. The third-order valence-corrected chi connectivity index (χ3v) is 5.77. The van der Waals surface area contributed by atoms with Gasteiger partial charge in [-0.05, 0) is 61.8 Å². The van der Waals surface area contributed by atoms with Gasteiger partial charge in [0, 0.05) is 18.7 Å². The Bertz CT molecular complexity index is 993. The molecule has 29 heavy (non-hydrogen) atoms. The van der Waals surface area contributed by atoms with Gasteiger partial charge in [0.05, 0.1) is 24.0 Å². The molecule has 0 aliphatic rings. The molecule has 4 nitrogen and oxygen atoms in total. The molecule has 0 N–H and O–H groups in total. The minimum Gasteiger partial charge on any atom is -0.496 e. The normalized spacial score (nSPS) is 11.4. The van der Waals surface area contributed by atoms with Crippen LogP contribution in [0.2, 0.25) is 0 Å². The Labute approximate surface area is 179 Å². The summed E-state index contributed by atoms with van der Waals surface area (Å²) in [6.45, 7) is 13.1. The Morgan fingerprint density at radius 1 is 1.21 bits per heavy atom. The fourth-order valence-electron chi connectivity index (χ4n) is 4.08. The molecule has 0 saturated carbocycles. The third kappa shape index (κ3) is 4.25. The second-order valence-electron chi connectivity index (χ2n) is 8.06. The lowest BCUT2D eigenvalue weighted by Crippen LogP contribution is -2.28. The van der Waals surface area contributed by atoms with Gasteiger partial charge in [0.15, 0.2) is 0 Å². The van der Waals surface area contributed by atoms with Gasteiger partial charge >= 0.3 is 0 Å². The number of aromatic nitrogens is 2. The second kappa shape index (κ2) is 9.12. The molecule has 0 saturated heterocycles. The monoisotopic (exact) mass is 411 g/mol. The molecule has 0 atom stereocenters. The van der Waals surface area contributed by atoms with Gasteiger partial charge < -0.3 is 9.64 Å². The maximum atomic E-state index is 5.76. The summed E-state index contributed by atoms with van der Waals surface area (Å²) in [4.78, 5) is 2.50. The highest BCUT2D eigenvalue weighted by molar-refractivity contribution is 7.98. The van der Waals surface area contributed by atoms with Crippen molar-refractivity contribution < 1.29 is 4.74 Å². The highest BCUT2D eigenvalue weighted by atomic mass is 32.2. The van der Waals surface area contributed by atoms with Crippen LogP contribution < -0.4 is 9.64 Å². The van der Waals surface area contributed by atoms with Crippen molar-refractivity contribution in [1.82, 2.24) is 9.61 Å². The van der Waals surface area contributed by atoms with Gasteiger partial charge in [-0.2, -0.15) is 5.10 Å². The SMILES string of the molecule is CCCN(CC(C)C)c1c(SC)nn2c(-c3c(C)cc(C)cc3OC)cccc12. The van der Waals surface area contributed by atoms with E-state index in [-0.39, 0.29) is 0 Å². The summed E-state index contributed by atoms with van der Waals surface area (Å²) in [6, 6.07) is 10.8. The molecule has 3 aromatic rings. The molecule has 0 radical (unpaired) electrons. The van der Waals surface area contributed by atoms with Crippen molar-refractivity contribution in [1.29, 1.82) is 0 Å². The van der Waals surface area contributed by atoms with Gasteiger partial charge in [-0.3, -0.25) is 0 Å². The number of hydrogen-bond donors (Lipinski definition) is 0. The highest BCUT2D eigenvalue weighted by Crippen LogP contribution is 2.39. The predicted octanol–water partition coefficient (Wildman–Crippen LogP) is 6.22. The molecule has 1 aromatic carbocycles. The van der Waals surface area contributed by atoms with Gasteiger partial charge in [-0.25, -0.2) is 4.52 Å². The van der Waals surface area contributed by atoms with Crippen molar-refractivity contribution in [3.8, 4) is 17.0 Å². The first-order valence-electron chi connectivity index (χ1n) is 10.4. The van der Waals surface area contributed by atoms with Gasteiger partial charge in [0.1, 0.15) is 10.8 Å². The lowest BCUT2D eigenvalue weighted by molar-refractivity contribution is 0.415. The van der Waals surface area contributed by atoms with E-state index >= 15 is 0 Å². The number of anilines is 1. The van der Waals surface area contributed by atoms with Crippen molar-refractivity contribution in [2.24, 2.45) is 5.92 Å². The van der Waals surface area contributed by atoms with E-state index < -0.39 is 0 Å². The molecule has 5 heteroatoms. The number of rotatable bonds is 8. The van der Waals surface area contributed by atoms with Gasteiger partial charge in [0.25, 0.3) is 0 Å². The minimum atomic E-state index is 0.592. The Kier molecular flexibility index (Phi) is 6.78. The van der Waals surface area contributed by atoms with Crippen LogP contribution in [-0.2, 0) is 0 Å². The first-order chi connectivity index (χ1) is 13.9. The van der Waals surface area contributed by atoms with Crippen LogP contribution in [0.3, 0.4) is 0 Å². The lowest BCUT2D eigenvalue weighted by Gasteiger charge is -2.26. The van der Waals surface area contributed by atoms with Crippen LogP contribution in [0.15, 0.2) is 35.4 Å². The summed E-state index contributed by atoms with van der Waals surface area (Å²) in [6.07, 6.45) is 3.23. The number of fused-ring (bicyclic) bond motifs is 1. The van der Waals surface area contributed by atoms with E-state index in [0.29, 0.717) is 5.92 Å². The van der Waals surface area contributed by atoms with E-state index in [1.54, 1.807) is 18.9 Å². The van der Waals surface area contributed by atoms with Gasteiger partial charge in [-0.1, -0.05) is 32.9 Å². The van der Waals surface area contributed by atoms with Crippen LogP contribution in [0.1, 0.15) is 38.3 Å². The van der Waals surface area contributed by atoms with E-state index in [1.165, 1.54) is 16.8 Å². The summed E-state index contributed by atoms with van der Waals surface area (Å²) >= 11 is 1.72.